The third-order valence-electron chi connectivity index (χ3n) is 5.09. The molecule has 1 aliphatic carbocycles. The van der Waals surface area contributed by atoms with Crippen LogP contribution in [-0.4, -0.2) is 14.3 Å². The summed E-state index contributed by atoms with van der Waals surface area (Å²) in [4.78, 5) is 11.7. The second-order valence-electron chi connectivity index (χ2n) is 7.21. The van der Waals surface area contributed by atoms with Crippen LogP contribution in [-0.2, 0) is 21.2 Å². The molecule has 5 nitrogen and oxygen atoms in total. The average Bonchev–Trinajstić information content (AvgIpc) is 3.45. The quantitative estimate of drug-likeness (QED) is 0.848. The number of carbonyl (C=O) groups is 1. The number of fused-ring (bicyclic) bond motifs is 1. The first-order valence-corrected chi connectivity index (χ1v) is 10.4. The van der Waals surface area contributed by atoms with Gasteiger partial charge in [0.05, 0.1) is 4.90 Å². The van der Waals surface area contributed by atoms with Gasteiger partial charge in [0, 0.05) is 18.2 Å². The van der Waals surface area contributed by atoms with Gasteiger partial charge in [-0.3, -0.25) is 4.79 Å². The van der Waals surface area contributed by atoms with Crippen LogP contribution in [0.3, 0.4) is 0 Å². The Labute approximate surface area is 153 Å². The van der Waals surface area contributed by atoms with E-state index in [-0.39, 0.29) is 16.8 Å². The Morgan fingerprint density at radius 3 is 2.50 bits per heavy atom. The zero-order chi connectivity index (χ0) is 18.3. The molecule has 0 bridgehead atoms. The Kier molecular flexibility index (Phi) is 4.32. The largest absolute Gasteiger partial charge is 0.326 e. The number of carbonyl (C=O) groups excluding carboxylic acids is 1. The Bertz CT molecular complexity index is 948. The van der Waals surface area contributed by atoms with Crippen LogP contribution in [0.2, 0.25) is 0 Å². The zero-order valence-electron chi connectivity index (χ0n) is 14.7. The minimum Gasteiger partial charge on any atom is -0.326 e. The maximum atomic E-state index is 13.0. The summed E-state index contributed by atoms with van der Waals surface area (Å²) in [5.74, 6) is 0.323. The van der Waals surface area contributed by atoms with Crippen LogP contribution in [0.1, 0.15) is 42.0 Å². The molecule has 1 atom stereocenters. The lowest BCUT2D eigenvalue weighted by atomic mass is 10.0. The highest BCUT2D eigenvalue weighted by molar-refractivity contribution is 7.89. The molecule has 1 amide bonds. The van der Waals surface area contributed by atoms with Gasteiger partial charge in [-0.1, -0.05) is 29.8 Å². The first-order chi connectivity index (χ1) is 12.4. The minimum atomic E-state index is -3.63. The van der Waals surface area contributed by atoms with Crippen molar-refractivity contribution < 1.29 is 13.2 Å². The van der Waals surface area contributed by atoms with Crippen LogP contribution in [0, 0.1) is 12.8 Å². The van der Waals surface area contributed by atoms with Crippen LogP contribution in [0.4, 0.5) is 5.69 Å². The number of sulfonamides is 1. The van der Waals surface area contributed by atoms with Crippen molar-refractivity contribution in [2.75, 3.05) is 5.32 Å². The number of rotatable bonds is 5. The summed E-state index contributed by atoms with van der Waals surface area (Å²) in [5, 5.41) is 2.78. The first kappa shape index (κ1) is 17.2. The van der Waals surface area contributed by atoms with E-state index in [0.717, 1.165) is 29.5 Å². The van der Waals surface area contributed by atoms with Gasteiger partial charge in [0.15, 0.2) is 0 Å². The predicted octanol–water partition coefficient (Wildman–Crippen LogP) is 3.31. The fourth-order valence-corrected chi connectivity index (χ4v) is 4.75. The molecule has 136 valence electrons. The van der Waals surface area contributed by atoms with Crippen molar-refractivity contribution in [3.05, 3.63) is 59.2 Å². The van der Waals surface area contributed by atoms with Gasteiger partial charge < -0.3 is 5.32 Å². The van der Waals surface area contributed by atoms with Crippen LogP contribution >= 0.6 is 0 Å². The molecule has 1 saturated carbocycles. The maximum absolute atomic E-state index is 13.0. The average molecular weight is 370 g/mol. The molecule has 1 heterocycles. The van der Waals surface area contributed by atoms with E-state index in [1.54, 1.807) is 18.2 Å². The van der Waals surface area contributed by atoms with Gasteiger partial charge in [0.25, 0.3) is 0 Å². The summed E-state index contributed by atoms with van der Waals surface area (Å²) in [7, 11) is -3.63. The molecule has 1 fully saturated rings. The summed E-state index contributed by atoms with van der Waals surface area (Å²) in [6.45, 7) is 2.02. The summed E-state index contributed by atoms with van der Waals surface area (Å²) >= 11 is 0. The van der Waals surface area contributed by atoms with Crippen LogP contribution in [0.25, 0.3) is 0 Å². The Hall–Kier alpha value is -2.18. The highest BCUT2D eigenvalue weighted by Gasteiger charge is 2.35. The summed E-state index contributed by atoms with van der Waals surface area (Å²) in [6, 6.07) is 12.8. The van der Waals surface area contributed by atoms with Gasteiger partial charge in [0.2, 0.25) is 15.9 Å². The highest BCUT2D eigenvalue weighted by Crippen LogP contribution is 2.42. The van der Waals surface area contributed by atoms with Crippen LogP contribution < -0.4 is 10.0 Å². The number of anilines is 1. The second kappa shape index (κ2) is 6.52. The van der Waals surface area contributed by atoms with Crippen molar-refractivity contribution in [3.8, 4) is 0 Å². The number of hydrogen-bond acceptors (Lipinski definition) is 3. The van der Waals surface area contributed by atoms with E-state index >= 15 is 0 Å². The summed E-state index contributed by atoms with van der Waals surface area (Å²) < 4.78 is 28.8. The second-order valence-corrected chi connectivity index (χ2v) is 8.93. The molecule has 26 heavy (non-hydrogen) atoms. The monoisotopic (exact) mass is 370 g/mol. The van der Waals surface area contributed by atoms with Crippen molar-refractivity contribution in [2.45, 2.75) is 43.5 Å². The molecule has 1 aliphatic heterocycles. The predicted molar refractivity (Wildman–Crippen MR) is 100 cm³/mol. The lowest BCUT2D eigenvalue weighted by molar-refractivity contribution is -0.116. The molecule has 0 unspecified atom stereocenters. The molecule has 6 heteroatoms. The van der Waals surface area contributed by atoms with Crippen molar-refractivity contribution >= 4 is 21.6 Å². The molecule has 4 rings (SSSR count). The number of aryl methyl sites for hydroxylation is 2. The van der Waals surface area contributed by atoms with Crippen molar-refractivity contribution in [3.63, 3.8) is 0 Å². The molecular weight excluding hydrogens is 348 g/mol. The van der Waals surface area contributed by atoms with E-state index in [1.165, 1.54) is 0 Å². The van der Waals surface area contributed by atoms with E-state index in [2.05, 4.69) is 10.0 Å². The molecule has 0 spiro atoms. The smallest absolute Gasteiger partial charge is 0.241 e. The van der Waals surface area contributed by atoms with Crippen molar-refractivity contribution in [1.29, 1.82) is 0 Å². The lowest BCUT2D eigenvalue weighted by Crippen LogP contribution is -2.30. The van der Waals surface area contributed by atoms with Crippen LogP contribution in [0.15, 0.2) is 47.4 Å². The van der Waals surface area contributed by atoms with Gasteiger partial charge in [-0.2, -0.15) is 0 Å². The Morgan fingerprint density at radius 1 is 1.08 bits per heavy atom. The topological polar surface area (TPSA) is 75.3 Å². The van der Waals surface area contributed by atoms with E-state index in [4.69, 9.17) is 0 Å². The first-order valence-electron chi connectivity index (χ1n) is 8.94. The fraction of sp³-hybridized carbons (Fsp3) is 0.350. The third-order valence-corrected chi connectivity index (χ3v) is 6.53. The van der Waals surface area contributed by atoms with Gasteiger partial charge >= 0.3 is 0 Å². The molecule has 2 N–H and O–H groups in total. The zero-order valence-corrected chi connectivity index (χ0v) is 15.5. The number of amides is 1. The molecule has 0 aromatic heterocycles. The van der Waals surface area contributed by atoms with E-state index in [0.29, 0.717) is 24.4 Å². The molecule has 0 radical (unpaired) electrons. The van der Waals surface area contributed by atoms with Gasteiger partial charge in [-0.25, -0.2) is 13.1 Å². The Balaban J connectivity index is 1.61. The van der Waals surface area contributed by atoms with Crippen LogP contribution in [0.5, 0.6) is 0 Å². The molecule has 2 aromatic rings. The highest BCUT2D eigenvalue weighted by atomic mass is 32.2. The number of benzene rings is 2. The molecule has 2 aromatic carbocycles. The maximum Gasteiger partial charge on any atom is 0.241 e. The molecular formula is C20H22N2O3S. The van der Waals surface area contributed by atoms with Gasteiger partial charge in [-0.05, 0) is 61.4 Å². The number of nitrogens with one attached hydrogen (secondary N) is 2. The number of hydrogen-bond donors (Lipinski definition) is 2. The lowest BCUT2D eigenvalue weighted by Gasteiger charge is -2.21. The van der Waals surface area contributed by atoms with E-state index < -0.39 is 10.0 Å². The molecule has 0 saturated heterocycles. The van der Waals surface area contributed by atoms with Crippen molar-refractivity contribution in [1.82, 2.24) is 4.72 Å². The van der Waals surface area contributed by atoms with E-state index in [9.17, 15) is 13.2 Å². The standard InChI is InChI=1S/C20H22N2O3S/c1-13-2-4-14(5-3-13)20(15-6-7-15)22-26(24,25)17-9-10-18-16(12-17)8-11-19(23)21-18/h2-5,9-10,12,15,20,22H,6-8,11H2,1H3,(H,21,23)/t20-/m0/s1. The Morgan fingerprint density at radius 2 is 1.81 bits per heavy atom. The van der Waals surface area contributed by atoms with Crippen molar-refractivity contribution in [2.24, 2.45) is 5.92 Å². The van der Waals surface area contributed by atoms with E-state index in [1.807, 2.05) is 31.2 Å². The molecule has 2 aliphatic rings. The minimum absolute atomic E-state index is 0.0283. The third kappa shape index (κ3) is 3.52. The van der Waals surface area contributed by atoms with Gasteiger partial charge in [-0.15, -0.1) is 0 Å². The SMILES string of the molecule is Cc1ccc([C@H](NS(=O)(=O)c2ccc3c(c2)CCC(=O)N3)C2CC2)cc1. The normalized spacial score (nSPS) is 18.1. The summed E-state index contributed by atoms with van der Waals surface area (Å²) in [6.07, 6.45) is 3.03. The fourth-order valence-electron chi connectivity index (χ4n) is 3.40. The summed E-state index contributed by atoms with van der Waals surface area (Å²) in [5.41, 5.74) is 3.73. The van der Waals surface area contributed by atoms with Gasteiger partial charge in [0.1, 0.15) is 0 Å².